The molecule has 0 bridgehead atoms. The van der Waals surface area contributed by atoms with Crippen molar-refractivity contribution in [2.45, 2.75) is 90.4 Å². The second-order valence-electron chi connectivity index (χ2n) is 11.0. The third-order valence-corrected chi connectivity index (χ3v) is 7.92. The summed E-state index contributed by atoms with van der Waals surface area (Å²) in [5.74, 6) is -2.65. The van der Waals surface area contributed by atoms with E-state index in [1.165, 1.54) is 6.08 Å². The summed E-state index contributed by atoms with van der Waals surface area (Å²) in [6.07, 6.45) is 6.31. The predicted octanol–water partition coefficient (Wildman–Crippen LogP) is 3.61. The molecule has 0 aromatic carbocycles. The molecule has 1 fully saturated rings. The first kappa shape index (κ1) is 30.0. The second-order valence-corrected chi connectivity index (χ2v) is 11.0. The van der Waals surface area contributed by atoms with E-state index in [1.54, 1.807) is 12.2 Å². The lowest BCUT2D eigenvalue weighted by atomic mass is 9.81. The van der Waals surface area contributed by atoms with Crippen molar-refractivity contribution in [1.82, 2.24) is 0 Å². The fraction of sp³-hybridized carbons (Fsp3) is 0.750. The fourth-order valence-corrected chi connectivity index (χ4v) is 5.89. The zero-order valence-corrected chi connectivity index (χ0v) is 21.8. The number of carboxylic acids is 1. The van der Waals surface area contributed by atoms with Crippen LogP contribution in [0.15, 0.2) is 23.8 Å². The summed E-state index contributed by atoms with van der Waals surface area (Å²) in [4.78, 5) is 24.5. The van der Waals surface area contributed by atoms with Crippen molar-refractivity contribution in [3.63, 3.8) is 0 Å². The smallest absolute Gasteiger partial charge is 0.308 e. The third-order valence-electron chi connectivity index (χ3n) is 7.92. The third kappa shape index (κ3) is 8.72. The summed E-state index contributed by atoms with van der Waals surface area (Å²) in [7, 11) is 0. The number of esters is 1. The molecule has 1 saturated carbocycles. The predicted molar refractivity (Wildman–Crippen MR) is 134 cm³/mol. The number of aliphatic hydroxyl groups excluding tert-OH is 3. The highest BCUT2D eigenvalue weighted by Gasteiger charge is 2.39. The van der Waals surface area contributed by atoms with Gasteiger partial charge in [0.1, 0.15) is 6.10 Å². The minimum atomic E-state index is -0.983. The van der Waals surface area contributed by atoms with Crippen LogP contribution < -0.4 is 0 Å². The van der Waals surface area contributed by atoms with E-state index < -0.39 is 36.2 Å². The van der Waals surface area contributed by atoms with Gasteiger partial charge in [-0.1, -0.05) is 39.3 Å². The number of carbonyl (C=O) groups is 2. The van der Waals surface area contributed by atoms with Gasteiger partial charge in [0.15, 0.2) is 0 Å². The van der Waals surface area contributed by atoms with Crippen molar-refractivity contribution in [2.24, 2.45) is 35.5 Å². The van der Waals surface area contributed by atoms with Gasteiger partial charge in [0, 0.05) is 18.9 Å². The Labute approximate surface area is 214 Å². The lowest BCUT2D eigenvalue weighted by molar-refractivity contribution is -0.159. The molecule has 36 heavy (non-hydrogen) atoms. The zero-order valence-electron chi connectivity index (χ0n) is 21.8. The van der Waals surface area contributed by atoms with Gasteiger partial charge in [0.2, 0.25) is 0 Å². The van der Waals surface area contributed by atoms with E-state index in [9.17, 15) is 35.3 Å². The van der Waals surface area contributed by atoms with Crippen molar-refractivity contribution in [3.05, 3.63) is 23.8 Å². The van der Waals surface area contributed by atoms with Crippen molar-refractivity contribution in [1.29, 1.82) is 5.26 Å². The SMILES string of the molecule is C[C@H]1C[C@@H](CO)C[C@H](C)[C@@H](O)C(C#N)=CC=CC[C@@H]([C@@H]2CCC[C@H]2C(=O)O)OC(=O)C[C@H](O)[C@@H](C)C1. The van der Waals surface area contributed by atoms with Crippen LogP contribution in [0.4, 0.5) is 0 Å². The number of nitrogens with zero attached hydrogens (tertiary/aromatic N) is 1. The molecule has 0 unspecified atom stereocenters. The van der Waals surface area contributed by atoms with E-state index in [-0.39, 0.29) is 54.6 Å². The highest BCUT2D eigenvalue weighted by atomic mass is 16.5. The Morgan fingerprint density at radius 1 is 1.14 bits per heavy atom. The van der Waals surface area contributed by atoms with Crippen molar-refractivity contribution in [2.75, 3.05) is 6.61 Å². The minimum absolute atomic E-state index is 0.0317. The van der Waals surface area contributed by atoms with Crippen LogP contribution in [0.2, 0.25) is 0 Å². The summed E-state index contributed by atoms with van der Waals surface area (Å²) < 4.78 is 5.75. The molecule has 0 aromatic rings. The molecule has 0 saturated heterocycles. The van der Waals surface area contributed by atoms with Gasteiger partial charge in [-0.05, 0) is 61.9 Å². The molecule has 1 aliphatic carbocycles. The van der Waals surface area contributed by atoms with Crippen LogP contribution in [-0.4, -0.2) is 57.3 Å². The molecule has 1 heterocycles. The lowest BCUT2D eigenvalue weighted by Crippen LogP contribution is -2.34. The lowest BCUT2D eigenvalue weighted by Gasteiger charge is -2.29. The molecule has 0 radical (unpaired) electrons. The van der Waals surface area contributed by atoms with E-state index in [1.807, 2.05) is 20.8 Å². The number of rotatable bonds is 3. The maximum atomic E-state index is 12.8. The number of cyclic esters (lactones) is 1. The minimum Gasteiger partial charge on any atom is -0.481 e. The molecule has 8 nitrogen and oxygen atoms in total. The number of hydrogen-bond donors (Lipinski definition) is 4. The molecule has 0 aromatic heterocycles. The molecule has 2 aliphatic rings. The number of aliphatic hydroxyl groups is 3. The van der Waals surface area contributed by atoms with Crippen LogP contribution in [0.3, 0.4) is 0 Å². The summed E-state index contributed by atoms with van der Waals surface area (Å²) in [6, 6.07) is 2.06. The number of nitriles is 1. The fourth-order valence-electron chi connectivity index (χ4n) is 5.89. The molecule has 2 rings (SSSR count). The molecule has 8 heteroatoms. The highest BCUT2D eigenvalue weighted by molar-refractivity contribution is 5.72. The molecule has 202 valence electrons. The molecular formula is C28H43NO7. The molecule has 0 amide bonds. The molecule has 9 atom stereocenters. The average Bonchev–Trinajstić information content (AvgIpc) is 3.32. The van der Waals surface area contributed by atoms with Gasteiger partial charge in [-0.25, -0.2) is 0 Å². The first-order valence-corrected chi connectivity index (χ1v) is 13.2. The number of hydrogen-bond acceptors (Lipinski definition) is 7. The van der Waals surface area contributed by atoms with Crippen molar-refractivity contribution < 1.29 is 34.8 Å². The maximum Gasteiger partial charge on any atom is 0.308 e. The first-order chi connectivity index (χ1) is 17.1. The van der Waals surface area contributed by atoms with Crippen molar-refractivity contribution >= 4 is 11.9 Å². The summed E-state index contributed by atoms with van der Waals surface area (Å²) >= 11 is 0. The Morgan fingerprint density at radius 3 is 2.50 bits per heavy atom. The monoisotopic (exact) mass is 505 g/mol. The number of allylic oxidation sites excluding steroid dienone is 2. The summed E-state index contributed by atoms with van der Waals surface area (Å²) in [6.45, 7) is 5.75. The summed E-state index contributed by atoms with van der Waals surface area (Å²) in [5, 5.41) is 50.6. The molecule has 4 N–H and O–H groups in total. The van der Waals surface area contributed by atoms with Gasteiger partial charge in [0.05, 0.1) is 36.2 Å². The Bertz CT molecular complexity index is 832. The van der Waals surface area contributed by atoms with E-state index >= 15 is 0 Å². The Hall–Kier alpha value is -2.21. The van der Waals surface area contributed by atoms with Gasteiger partial charge >= 0.3 is 11.9 Å². The van der Waals surface area contributed by atoms with E-state index in [0.717, 1.165) is 6.42 Å². The molecular weight excluding hydrogens is 462 g/mol. The van der Waals surface area contributed by atoms with E-state index in [0.29, 0.717) is 32.1 Å². The quantitative estimate of drug-likeness (QED) is 0.425. The van der Waals surface area contributed by atoms with Gasteiger partial charge < -0.3 is 25.2 Å². The topological polar surface area (TPSA) is 148 Å². The normalized spacial score (nSPS) is 37.8. The number of carbonyl (C=O) groups excluding carboxylic acids is 1. The van der Waals surface area contributed by atoms with Gasteiger partial charge in [0.25, 0.3) is 0 Å². The van der Waals surface area contributed by atoms with Crippen LogP contribution >= 0.6 is 0 Å². The molecule has 0 spiro atoms. The Balaban J connectivity index is 2.32. The van der Waals surface area contributed by atoms with Crippen LogP contribution in [-0.2, 0) is 14.3 Å². The standard InChI is InChI=1S/C28H43NO7/c1-17-11-18(2)24(31)14-26(32)36-25(22-8-6-9-23(22)28(34)35)10-5-4-7-21(15-29)27(33)19(3)13-20(12-17)16-30/h4-5,7,17-20,22-25,27,30-31,33H,6,8-14,16H2,1-3H3,(H,34,35)/t17-,18+,19+,20-,22-,23-,24+,25+,27-/m1/s1. The van der Waals surface area contributed by atoms with E-state index in [4.69, 9.17) is 4.74 Å². The number of carboxylic acid groups (broad SMARTS) is 1. The van der Waals surface area contributed by atoms with Crippen LogP contribution in [0.5, 0.6) is 0 Å². The second kappa shape index (κ2) is 14.5. The van der Waals surface area contributed by atoms with E-state index in [2.05, 4.69) is 6.07 Å². The highest BCUT2D eigenvalue weighted by Crippen LogP contribution is 2.37. The average molecular weight is 506 g/mol. The maximum absolute atomic E-state index is 12.8. The largest absolute Gasteiger partial charge is 0.481 e. The molecule has 1 aliphatic heterocycles. The first-order valence-electron chi connectivity index (χ1n) is 13.2. The van der Waals surface area contributed by atoms with Gasteiger partial charge in [-0.3, -0.25) is 9.59 Å². The number of aliphatic carboxylic acids is 1. The van der Waals surface area contributed by atoms with Gasteiger partial charge in [-0.2, -0.15) is 5.26 Å². The van der Waals surface area contributed by atoms with Crippen LogP contribution in [0.1, 0.15) is 72.1 Å². The van der Waals surface area contributed by atoms with Crippen LogP contribution in [0.25, 0.3) is 0 Å². The number of ether oxygens (including phenoxy) is 1. The Morgan fingerprint density at radius 2 is 1.86 bits per heavy atom. The zero-order chi connectivity index (χ0) is 26.8. The van der Waals surface area contributed by atoms with Gasteiger partial charge in [-0.15, -0.1) is 0 Å². The Kier molecular flexibility index (Phi) is 12.1. The summed E-state index contributed by atoms with van der Waals surface area (Å²) in [5.41, 5.74) is 0.208. The van der Waals surface area contributed by atoms with Crippen molar-refractivity contribution in [3.8, 4) is 6.07 Å². The van der Waals surface area contributed by atoms with Crippen LogP contribution in [0, 0.1) is 46.8 Å².